The monoisotopic (exact) mass is 937 g/mol. The quantitative estimate of drug-likeness (QED) is 0.0904. The maximum Gasteiger partial charge on any atom is 0.162 e. The van der Waals surface area contributed by atoms with E-state index < -0.39 is 0 Å². The summed E-state index contributed by atoms with van der Waals surface area (Å²) in [6.45, 7) is 32.3. The summed E-state index contributed by atoms with van der Waals surface area (Å²) < 4.78 is 2.33. The number of hydrogen-bond acceptors (Lipinski definition) is 6. The average Bonchev–Trinajstić information content (AvgIpc) is 3.39. The molecular weight excluding hydrogens is 875 g/mol. The topological polar surface area (TPSA) is 86.9 Å². The van der Waals surface area contributed by atoms with E-state index in [9.17, 15) is 15.2 Å². The van der Waals surface area contributed by atoms with Crippen LogP contribution in [0.1, 0.15) is 119 Å². The molecule has 7 heteroatoms. The van der Waals surface area contributed by atoms with Crippen LogP contribution in [0.25, 0.3) is 42.3 Å². The number of benzene rings is 3. The van der Waals surface area contributed by atoms with Gasteiger partial charge in [0.05, 0.1) is 17.3 Å². The Morgan fingerprint density at radius 3 is 2.00 bits per heavy atom. The summed E-state index contributed by atoms with van der Waals surface area (Å²) >= 11 is 1.76. The Morgan fingerprint density at radius 1 is 0.873 bits per heavy atom. The molecule has 1 N–H and O–H groups in total. The maximum atomic E-state index is 12.3. The van der Waals surface area contributed by atoms with Crippen molar-refractivity contribution in [2.45, 2.75) is 116 Å². The molecule has 0 unspecified atom stereocenters. The Morgan fingerprint density at radius 2 is 1.47 bits per heavy atom. The molecule has 5 aromatic rings. The number of rotatable bonds is 9. The van der Waals surface area contributed by atoms with Gasteiger partial charge in [-0.15, -0.1) is 40.5 Å². The molecule has 297 valence electrons. The van der Waals surface area contributed by atoms with Gasteiger partial charge in [-0.2, -0.15) is 5.26 Å². The molecule has 0 saturated heterocycles. The second kappa shape index (κ2) is 18.2. The summed E-state index contributed by atoms with van der Waals surface area (Å²) in [6, 6.07) is 18.6. The summed E-state index contributed by atoms with van der Waals surface area (Å²) in [6.07, 6.45) is 4.19. The zero-order chi connectivity index (χ0) is 40.4. The third kappa shape index (κ3) is 10.9. The van der Waals surface area contributed by atoms with E-state index in [4.69, 9.17) is 9.97 Å². The van der Waals surface area contributed by atoms with Gasteiger partial charge in [0.2, 0.25) is 0 Å². The number of carbonyl (C=O) groups is 1. The number of aliphatic hydroxyl groups excluding tert-OH is 1. The molecule has 0 amide bonds. The van der Waals surface area contributed by atoms with Crippen molar-refractivity contribution >= 4 is 48.2 Å². The van der Waals surface area contributed by atoms with Crippen LogP contribution in [0.5, 0.6) is 0 Å². The molecule has 0 bridgehead atoms. The Labute approximate surface area is 348 Å². The standard InChI is InChI=1S/C31H30N3S.C17H32O2.Ir/c1-18-10-24-26(14-22(18)15-30(2,3)4)35-29-27(33-17-34-28(24)29)21-12-20-11-19(16-32)8-9-23(20)25(13-21)31(5,6)7;1-10(2)16(11(3)4)14(18)9-15(19)17(12(5)6)13(7)8;/h8-11,13-14,17H,15H2,1-7H3;9-13,16-18H,1-8H3;/q-1;;/b;14-9-;. The molecule has 2 aromatic heterocycles. The van der Waals surface area contributed by atoms with Crippen molar-refractivity contribution in [2.24, 2.45) is 40.9 Å². The number of nitriles is 1. The van der Waals surface area contributed by atoms with E-state index in [-0.39, 0.29) is 54.3 Å². The van der Waals surface area contributed by atoms with Crippen molar-refractivity contribution < 1.29 is 30.0 Å². The smallest absolute Gasteiger partial charge is 0.162 e. The normalized spacial score (nSPS) is 12.7. The number of aryl methyl sites for hydroxylation is 1. The van der Waals surface area contributed by atoms with Gasteiger partial charge in [-0.1, -0.05) is 120 Å². The first kappa shape index (κ1) is 46.0. The van der Waals surface area contributed by atoms with Gasteiger partial charge in [0.25, 0.3) is 0 Å². The fraction of sp³-hybridized carbons (Fsp3) is 0.500. The Kier molecular flexibility index (Phi) is 15.2. The van der Waals surface area contributed by atoms with Crippen LogP contribution in [-0.2, 0) is 36.7 Å². The van der Waals surface area contributed by atoms with Gasteiger partial charge >= 0.3 is 0 Å². The Bertz CT molecular complexity index is 2190. The summed E-state index contributed by atoms with van der Waals surface area (Å²) in [4.78, 5) is 21.8. The fourth-order valence-corrected chi connectivity index (χ4v) is 9.25. The maximum absolute atomic E-state index is 12.3. The minimum Gasteiger partial charge on any atom is -0.512 e. The van der Waals surface area contributed by atoms with Crippen molar-refractivity contribution in [2.75, 3.05) is 0 Å². The van der Waals surface area contributed by atoms with E-state index in [2.05, 4.69) is 134 Å². The number of aliphatic hydroxyl groups is 1. The van der Waals surface area contributed by atoms with Gasteiger partial charge in [-0.05, 0) is 71.1 Å². The van der Waals surface area contributed by atoms with Crippen LogP contribution in [0.15, 0.2) is 54.6 Å². The number of aromatic nitrogens is 2. The fourth-order valence-electron chi connectivity index (χ4n) is 8.05. The zero-order valence-corrected chi connectivity index (χ0v) is 38.9. The number of fused-ring (bicyclic) bond motifs is 4. The number of thiophene rings is 1. The van der Waals surface area contributed by atoms with Crippen LogP contribution in [-0.4, -0.2) is 20.9 Å². The minimum absolute atomic E-state index is 0. The minimum atomic E-state index is -0.0679. The van der Waals surface area contributed by atoms with Gasteiger partial charge in [-0.25, -0.2) is 4.98 Å². The van der Waals surface area contributed by atoms with Crippen LogP contribution in [0.3, 0.4) is 0 Å². The molecular formula is C48H62IrN3O2S-. The van der Waals surface area contributed by atoms with Crippen molar-refractivity contribution in [1.29, 1.82) is 5.26 Å². The third-order valence-corrected chi connectivity index (χ3v) is 11.5. The molecule has 0 aliphatic carbocycles. The molecule has 0 aliphatic rings. The molecule has 3 aromatic carbocycles. The molecule has 0 spiro atoms. The van der Waals surface area contributed by atoms with Crippen LogP contribution in [0.4, 0.5) is 0 Å². The average molecular weight is 937 g/mol. The number of carbonyl (C=O) groups excluding carboxylic acids is 1. The van der Waals surface area contributed by atoms with E-state index >= 15 is 0 Å². The largest absolute Gasteiger partial charge is 0.512 e. The molecule has 55 heavy (non-hydrogen) atoms. The van der Waals surface area contributed by atoms with E-state index in [1.807, 2.05) is 18.2 Å². The van der Waals surface area contributed by atoms with Crippen LogP contribution in [0.2, 0.25) is 0 Å². The van der Waals surface area contributed by atoms with Gasteiger partial charge in [0, 0.05) is 64.1 Å². The summed E-state index contributed by atoms with van der Waals surface area (Å²) in [5.74, 6) is 1.63. The van der Waals surface area contributed by atoms with Crippen LogP contribution >= 0.6 is 11.3 Å². The summed E-state index contributed by atoms with van der Waals surface area (Å²) in [7, 11) is 0. The molecule has 2 heterocycles. The van der Waals surface area contributed by atoms with Crippen molar-refractivity contribution in [1.82, 2.24) is 9.97 Å². The second-order valence-corrected chi connectivity index (χ2v) is 19.8. The number of ketones is 1. The molecule has 1 radical (unpaired) electrons. The predicted octanol–water partition coefficient (Wildman–Crippen LogP) is 13.4. The van der Waals surface area contributed by atoms with Gasteiger partial charge in [0.1, 0.15) is 6.33 Å². The van der Waals surface area contributed by atoms with Gasteiger partial charge in [-0.3, -0.25) is 9.78 Å². The number of allylic oxidation sites excluding steroid dienone is 2. The first-order valence-electron chi connectivity index (χ1n) is 19.6. The predicted molar refractivity (Wildman–Crippen MR) is 230 cm³/mol. The summed E-state index contributed by atoms with van der Waals surface area (Å²) in [5.41, 5.74) is 7.57. The first-order chi connectivity index (χ1) is 25.0. The first-order valence-corrected chi connectivity index (χ1v) is 20.4. The zero-order valence-electron chi connectivity index (χ0n) is 35.7. The number of nitrogens with zero attached hydrogens (tertiary/aromatic N) is 3. The molecule has 0 aliphatic heterocycles. The van der Waals surface area contributed by atoms with E-state index in [1.54, 1.807) is 17.7 Å². The molecule has 0 fully saturated rings. The van der Waals surface area contributed by atoms with Crippen LogP contribution in [0, 0.1) is 65.2 Å². The molecule has 5 rings (SSSR count). The van der Waals surface area contributed by atoms with Crippen molar-refractivity contribution in [3.63, 3.8) is 0 Å². The molecule has 0 saturated carbocycles. The molecule has 5 nitrogen and oxygen atoms in total. The van der Waals surface area contributed by atoms with Gasteiger partial charge < -0.3 is 5.11 Å². The SMILES string of the molecule is CC(C)C(C(=O)/C=C(\O)C(C(C)C)C(C)C)C(C)C.Cc1cc2c(cc1CC(C)(C)C)sc1c(-c3[c-]c4cc(C#N)ccc4c(C(C)(C)C)c3)ncnc12.[Ir]. The second-order valence-electron chi connectivity index (χ2n) is 18.7. The number of hydrogen-bond donors (Lipinski definition) is 1. The Hall–Kier alpha value is -3.43. The van der Waals surface area contributed by atoms with Crippen molar-refractivity contribution in [3.05, 3.63) is 82.9 Å². The molecule has 0 atom stereocenters. The van der Waals surface area contributed by atoms with E-state index in [1.165, 1.54) is 32.9 Å². The van der Waals surface area contributed by atoms with Crippen molar-refractivity contribution in [3.8, 4) is 17.3 Å². The van der Waals surface area contributed by atoms with E-state index in [0.717, 1.165) is 38.7 Å². The van der Waals surface area contributed by atoms with Crippen LogP contribution < -0.4 is 0 Å². The Balaban J connectivity index is 0.000000349. The third-order valence-electron chi connectivity index (χ3n) is 10.3. The summed E-state index contributed by atoms with van der Waals surface area (Å²) in [5, 5.41) is 23.0. The van der Waals surface area contributed by atoms with Gasteiger partial charge in [0.15, 0.2) is 5.78 Å². The van der Waals surface area contributed by atoms with E-state index in [0.29, 0.717) is 29.2 Å².